The molecule has 1 aliphatic rings. The Bertz CT molecular complexity index is 342. The van der Waals surface area contributed by atoms with Crippen LogP contribution in [0.25, 0.3) is 0 Å². The van der Waals surface area contributed by atoms with Crippen molar-refractivity contribution in [1.82, 2.24) is 9.88 Å². The molecule has 1 fully saturated rings. The van der Waals surface area contributed by atoms with Crippen LogP contribution in [0.4, 0.5) is 0 Å². The van der Waals surface area contributed by atoms with Gasteiger partial charge in [-0.1, -0.05) is 0 Å². The number of ether oxygens (including phenoxy) is 1. The minimum atomic E-state index is 0.333. The third-order valence-corrected chi connectivity index (χ3v) is 3.84. The fourth-order valence-electron chi connectivity index (χ4n) is 2.11. The maximum absolute atomic E-state index is 5.64. The predicted octanol–water partition coefficient (Wildman–Crippen LogP) is 1.26. The number of hydrogen-bond donors (Lipinski definition) is 1. The molecule has 1 aromatic heterocycles. The Morgan fingerprint density at radius 3 is 3.35 bits per heavy atom. The normalized spacial score (nSPS) is 22.6. The number of hydrogen-bond acceptors (Lipinski definition) is 5. The highest BCUT2D eigenvalue weighted by Gasteiger charge is 2.16. The summed E-state index contributed by atoms with van der Waals surface area (Å²) in [5, 5.41) is 3.31. The molecule has 0 bridgehead atoms. The van der Waals surface area contributed by atoms with Crippen molar-refractivity contribution in [3.63, 3.8) is 0 Å². The molecule has 1 aromatic rings. The summed E-state index contributed by atoms with van der Waals surface area (Å²) in [6, 6.07) is 0. The average Bonchev–Trinajstić information content (AvgIpc) is 2.62. The molecule has 0 amide bonds. The largest absolute Gasteiger partial charge is 0.377 e. The van der Waals surface area contributed by atoms with Crippen LogP contribution in [0, 0.1) is 0 Å². The van der Waals surface area contributed by atoms with Gasteiger partial charge in [-0.25, -0.2) is 4.98 Å². The summed E-state index contributed by atoms with van der Waals surface area (Å²) in [7, 11) is 0. The lowest BCUT2D eigenvalue weighted by Crippen LogP contribution is -2.29. The van der Waals surface area contributed by atoms with Gasteiger partial charge in [0.1, 0.15) is 0 Å². The van der Waals surface area contributed by atoms with Crippen LogP contribution in [0.15, 0.2) is 5.38 Å². The van der Waals surface area contributed by atoms with Gasteiger partial charge in [0.05, 0.1) is 16.8 Å². The van der Waals surface area contributed by atoms with Crippen molar-refractivity contribution in [3.8, 4) is 0 Å². The van der Waals surface area contributed by atoms with Gasteiger partial charge < -0.3 is 10.5 Å². The Morgan fingerprint density at radius 1 is 1.65 bits per heavy atom. The summed E-state index contributed by atoms with van der Waals surface area (Å²) in [6.45, 7) is 6.75. The first-order valence-electron chi connectivity index (χ1n) is 6.25. The molecule has 5 heteroatoms. The van der Waals surface area contributed by atoms with E-state index in [2.05, 4.69) is 22.2 Å². The third-order valence-electron chi connectivity index (χ3n) is 2.88. The third kappa shape index (κ3) is 4.03. The van der Waals surface area contributed by atoms with Crippen LogP contribution in [0.5, 0.6) is 0 Å². The fourth-order valence-corrected chi connectivity index (χ4v) is 2.92. The minimum Gasteiger partial charge on any atom is -0.377 e. The van der Waals surface area contributed by atoms with E-state index in [0.29, 0.717) is 12.6 Å². The second-order valence-corrected chi connectivity index (χ2v) is 5.48. The Balaban J connectivity index is 1.89. The first-order valence-corrected chi connectivity index (χ1v) is 7.13. The van der Waals surface area contributed by atoms with E-state index >= 15 is 0 Å². The fraction of sp³-hybridized carbons (Fsp3) is 0.750. The van der Waals surface area contributed by atoms with Crippen LogP contribution >= 0.6 is 11.3 Å². The lowest BCUT2D eigenvalue weighted by Gasteiger charge is -2.20. The zero-order chi connectivity index (χ0) is 12.1. The molecule has 96 valence electrons. The maximum atomic E-state index is 5.64. The van der Waals surface area contributed by atoms with E-state index in [4.69, 9.17) is 10.5 Å². The molecule has 1 saturated heterocycles. The van der Waals surface area contributed by atoms with Gasteiger partial charge in [0.2, 0.25) is 0 Å². The standard InChI is InChI=1S/C12H21N3OS/c1-10-7-15(5-2-6-16-10)8-11-9-17-12(14-11)3-4-13/h9-10H,2-8,13H2,1H3. The summed E-state index contributed by atoms with van der Waals surface area (Å²) in [5.74, 6) is 0. The zero-order valence-corrected chi connectivity index (χ0v) is 11.2. The van der Waals surface area contributed by atoms with E-state index in [1.54, 1.807) is 11.3 Å². The smallest absolute Gasteiger partial charge is 0.0941 e. The highest BCUT2D eigenvalue weighted by Crippen LogP contribution is 2.14. The monoisotopic (exact) mass is 255 g/mol. The van der Waals surface area contributed by atoms with E-state index in [-0.39, 0.29) is 0 Å². The summed E-state index contributed by atoms with van der Waals surface area (Å²) < 4.78 is 5.64. The molecule has 1 atom stereocenters. The Hall–Kier alpha value is -0.490. The molecule has 0 aromatic carbocycles. The summed E-state index contributed by atoms with van der Waals surface area (Å²) in [5.41, 5.74) is 6.71. The van der Waals surface area contributed by atoms with Crippen LogP contribution in [-0.2, 0) is 17.7 Å². The van der Waals surface area contributed by atoms with Gasteiger partial charge in [-0.15, -0.1) is 11.3 Å². The van der Waals surface area contributed by atoms with Gasteiger partial charge >= 0.3 is 0 Å². The van der Waals surface area contributed by atoms with E-state index in [0.717, 1.165) is 44.1 Å². The number of nitrogens with zero attached hydrogens (tertiary/aromatic N) is 2. The van der Waals surface area contributed by atoms with Gasteiger partial charge in [-0.2, -0.15) is 0 Å². The highest BCUT2D eigenvalue weighted by molar-refractivity contribution is 7.09. The lowest BCUT2D eigenvalue weighted by molar-refractivity contribution is 0.0666. The molecule has 0 radical (unpaired) electrons. The van der Waals surface area contributed by atoms with Crippen molar-refractivity contribution in [1.29, 1.82) is 0 Å². The van der Waals surface area contributed by atoms with Crippen molar-refractivity contribution in [2.75, 3.05) is 26.2 Å². The van der Waals surface area contributed by atoms with Gasteiger partial charge in [0.25, 0.3) is 0 Å². The lowest BCUT2D eigenvalue weighted by atomic mass is 10.3. The number of aromatic nitrogens is 1. The van der Waals surface area contributed by atoms with Gasteiger partial charge in [-0.3, -0.25) is 4.90 Å². The van der Waals surface area contributed by atoms with Gasteiger partial charge in [-0.05, 0) is 19.9 Å². The van der Waals surface area contributed by atoms with Crippen molar-refractivity contribution in [3.05, 3.63) is 16.1 Å². The second-order valence-electron chi connectivity index (χ2n) is 4.54. The summed E-state index contributed by atoms with van der Waals surface area (Å²) in [6.07, 6.45) is 2.34. The number of rotatable bonds is 4. The molecule has 4 nitrogen and oxygen atoms in total. The topological polar surface area (TPSA) is 51.4 Å². The first kappa shape index (κ1) is 13.0. The number of thiazole rings is 1. The molecule has 0 aliphatic carbocycles. The van der Waals surface area contributed by atoms with E-state index in [1.165, 1.54) is 5.69 Å². The molecule has 0 spiro atoms. The van der Waals surface area contributed by atoms with Crippen molar-refractivity contribution >= 4 is 11.3 Å². The molecule has 2 rings (SSSR count). The van der Waals surface area contributed by atoms with E-state index in [9.17, 15) is 0 Å². The molecule has 0 saturated carbocycles. The summed E-state index contributed by atoms with van der Waals surface area (Å²) >= 11 is 1.72. The van der Waals surface area contributed by atoms with E-state index in [1.807, 2.05) is 0 Å². The van der Waals surface area contributed by atoms with Gasteiger partial charge in [0, 0.05) is 38.0 Å². The van der Waals surface area contributed by atoms with Crippen LogP contribution < -0.4 is 5.73 Å². The Kier molecular flexibility index (Phi) is 4.91. The Labute approximate surface area is 107 Å². The van der Waals surface area contributed by atoms with Crippen molar-refractivity contribution in [2.24, 2.45) is 5.73 Å². The van der Waals surface area contributed by atoms with Gasteiger partial charge in [0.15, 0.2) is 0 Å². The second kappa shape index (κ2) is 6.44. The quantitative estimate of drug-likeness (QED) is 0.880. The summed E-state index contributed by atoms with van der Waals surface area (Å²) in [4.78, 5) is 7.04. The minimum absolute atomic E-state index is 0.333. The maximum Gasteiger partial charge on any atom is 0.0941 e. The number of nitrogens with two attached hydrogens (primary N) is 1. The molecule has 1 unspecified atom stereocenters. The molecular weight excluding hydrogens is 234 g/mol. The van der Waals surface area contributed by atoms with Crippen LogP contribution in [0.2, 0.25) is 0 Å². The highest BCUT2D eigenvalue weighted by atomic mass is 32.1. The molecule has 2 N–H and O–H groups in total. The molecule has 1 aliphatic heterocycles. The van der Waals surface area contributed by atoms with Crippen molar-refractivity contribution < 1.29 is 4.74 Å². The van der Waals surface area contributed by atoms with Crippen LogP contribution in [0.3, 0.4) is 0 Å². The predicted molar refractivity (Wildman–Crippen MR) is 70.2 cm³/mol. The SMILES string of the molecule is CC1CN(Cc2csc(CCN)n2)CCCO1. The van der Waals surface area contributed by atoms with Crippen LogP contribution in [0.1, 0.15) is 24.0 Å². The molecular formula is C12H21N3OS. The van der Waals surface area contributed by atoms with Crippen molar-refractivity contribution in [2.45, 2.75) is 32.4 Å². The van der Waals surface area contributed by atoms with Crippen LogP contribution in [-0.4, -0.2) is 42.2 Å². The Morgan fingerprint density at radius 2 is 2.53 bits per heavy atom. The first-order chi connectivity index (χ1) is 8.28. The molecule has 2 heterocycles. The average molecular weight is 255 g/mol. The van der Waals surface area contributed by atoms with E-state index < -0.39 is 0 Å². The zero-order valence-electron chi connectivity index (χ0n) is 10.4. The molecule has 17 heavy (non-hydrogen) atoms.